The fraction of sp³-hybridized carbons (Fsp3) is 0.323. The topological polar surface area (TPSA) is 104 Å². The number of anilines is 1. The zero-order valence-electron chi connectivity index (χ0n) is 24.3. The number of aromatic nitrogens is 2. The molecule has 2 aromatic heterocycles. The van der Waals surface area contributed by atoms with Gasteiger partial charge in [-0.05, 0) is 43.7 Å². The molecule has 2 unspecified atom stereocenters. The lowest BCUT2D eigenvalue weighted by Gasteiger charge is -2.26. The molecule has 0 radical (unpaired) electrons. The molecule has 226 valence electrons. The molecular formula is C31H36N4O6P2. The third-order valence-electron chi connectivity index (χ3n) is 6.91. The Hall–Kier alpha value is -3.55. The van der Waals surface area contributed by atoms with E-state index in [1.807, 2.05) is 37.3 Å². The molecule has 1 aliphatic heterocycles. The van der Waals surface area contributed by atoms with Crippen molar-refractivity contribution in [3.05, 3.63) is 60.6 Å². The Morgan fingerprint density at radius 3 is 2.51 bits per heavy atom. The van der Waals surface area contributed by atoms with Crippen molar-refractivity contribution in [3.8, 4) is 28.7 Å². The molecule has 1 saturated heterocycles. The fourth-order valence-electron chi connectivity index (χ4n) is 4.79. The lowest BCUT2D eigenvalue weighted by molar-refractivity contribution is 0.0357. The van der Waals surface area contributed by atoms with Crippen LogP contribution in [-0.2, 0) is 4.74 Å². The second kappa shape index (κ2) is 14.8. The maximum Gasteiger partial charge on any atom is 0.261 e. The first kappa shape index (κ1) is 30.9. The Morgan fingerprint density at radius 2 is 1.77 bits per heavy atom. The number of hydrogen-bond acceptors (Lipinski definition) is 9. The minimum Gasteiger partial charge on any atom is -0.493 e. The van der Waals surface area contributed by atoms with Crippen LogP contribution in [0.4, 0.5) is 5.69 Å². The molecule has 3 heterocycles. The third-order valence-corrected chi connectivity index (χ3v) is 7.77. The van der Waals surface area contributed by atoms with E-state index in [2.05, 4.69) is 38.7 Å². The Kier molecular flexibility index (Phi) is 10.6. The molecule has 1 fully saturated rings. The van der Waals surface area contributed by atoms with Gasteiger partial charge in [0.15, 0.2) is 11.5 Å². The summed E-state index contributed by atoms with van der Waals surface area (Å²) in [6.07, 6.45) is 5.69. The van der Waals surface area contributed by atoms with Gasteiger partial charge in [0.2, 0.25) is 0 Å². The zero-order chi connectivity index (χ0) is 30.2. The summed E-state index contributed by atoms with van der Waals surface area (Å²) in [4.78, 5) is 24.0. The minimum atomic E-state index is -0.314. The van der Waals surface area contributed by atoms with Crippen molar-refractivity contribution in [2.75, 3.05) is 58.5 Å². The van der Waals surface area contributed by atoms with E-state index in [0.717, 1.165) is 60.8 Å². The lowest BCUT2D eigenvalue weighted by Crippen LogP contribution is -2.37. The Labute approximate surface area is 255 Å². The van der Waals surface area contributed by atoms with Crippen LogP contribution in [-0.4, -0.2) is 73.9 Å². The van der Waals surface area contributed by atoms with Crippen LogP contribution >= 0.6 is 18.5 Å². The van der Waals surface area contributed by atoms with Crippen LogP contribution < -0.4 is 34.9 Å². The molecule has 12 heteroatoms. The highest BCUT2D eigenvalue weighted by atomic mass is 31.0. The predicted octanol–water partition coefficient (Wildman–Crippen LogP) is 4.18. The Balaban J connectivity index is 1.31. The molecule has 1 N–H and O–H groups in total. The molecule has 1 aliphatic rings. The van der Waals surface area contributed by atoms with Crippen LogP contribution in [0.3, 0.4) is 0 Å². The average Bonchev–Trinajstić information content (AvgIpc) is 3.01. The number of hydrogen-bond donors (Lipinski definition) is 1. The summed E-state index contributed by atoms with van der Waals surface area (Å²) >= 11 is 0. The largest absolute Gasteiger partial charge is 0.493 e. The van der Waals surface area contributed by atoms with Gasteiger partial charge < -0.3 is 29.0 Å². The summed E-state index contributed by atoms with van der Waals surface area (Å²) in [7, 11) is 6.98. The number of nitrogens with one attached hydrogen (secondary N) is 1. The summed E-state index contributed by atoms with van der Waals surface area (Å²) in [6.45, 7) is 7.33. The molecule has 5 rings (SSSR count). The van der Waals surface area contributed by atoms with E-state index >= 15 is 0 Å². The van der Waals surface area contributed by atoms with E-state index in [1.165, 1.54) is 6.20 Å². The molecular weight excluding hydrogens is 586 g/mol. The van der Waals surface area contributed by atoms with Gasteiger partial charge in [0.1, 0.15) is 17.2 Å². The molecule has 0 aliphatic carbocycles. The highest BCUT2D eigenvalue weighted by Gasteiger charge is 2.17. The monoisotopic (exact) mass is 622 g/mol. The van der Waals surface area contributed by atoms with Crippen molar-refractivity contribution < 1.29 is 28.5 Å². The van der Waals surface area contributed by atoms with Crippen LogP contribution in [0.25, 0.3) is 10.9 Å². The lowest BCUT2D eigenvalue weighted by atomic mass is 10.1. The second-order valence-corrected chi connectivity index (χ2v) is 11.1. The highest BCUT2D eigenvalue weighted by molar-refractivity contribution is 7.30. The maximum atomic E-state index is 13.0. The predicted molar refractivity (Wildman–Crippen MR) is 174 cm³/mol. The summed E-state index contributed by atoms with van der Waals surface area (Å²) in [5.41, 5.74) is 1.69. The standard InChI is InChI=1S/C31H36N4O6P2/c1-3-39-24-5-7-32-19-22(24)31(36)34-20-15-28(42)30(29(43)16-20)41-25-6-8-33-23-18-27(26(37-2)17-21(23)25)40-12-4-9-35-10-13-38-14-11-35/h5-8,15-19H,3-4,9-14,42-43H2,1-2H3,(H,34,36). The molecule has 0 spiro atoms. The zero-order valence-corrected chi connectivity index (χ0v) is 26.6. The second-order valence-electron chi connectivity index (χ2n) is 9.83. The number of morpholine rings is 1. The molecule has 1 amide bonds. The van der Waals surface area contributed by atoms with Crippen molar-refractivity contribution in [1.29, 1.82) is 0 Å². The summed E-state index contributed by atoms with van der Waals surface area (Å²) < 4.78 is 29.2. The van der Waals surface area contributed by atoms with Crippen LogP contribution in [0.1, 0.15) is 23.7 Å². The molecule has 0 saturated carbocycles. The van der Waals surface area contributed by atoms with Gasteiger partial charge in [-0.1, -0.05) is 0 Å². The van der Waals surface area contributed by atoms with Gasteiger partial charge in [0.25, 0.3) is 5.91 Å². The van der Waals surface area contributed by atoms with Crippen molar-refractivity contribution >= 4 is 51.6 Å². The number of amides is 1. The number of carbonyl (C=O) groups excluding carboxylic acids is 1. The Morgan fingerprint density at radius 1 is 1.00 bits per heavy atom. The molecule has 10 nitrogen and oxygen atoms in total. The minimum absolute atomic E-state index is 0.314. The van der Waals surface area contributed by atoms with Crippen LogP contribution in [0, 0.1) is 0 Å². The average molecular weight is 623 g/mol. The van der Waals surface area contributed by atoms with E-state index in [0.29, 0.717) is 53.2 Å². The van der Waals surface area contributed by atoms with Gasteiger partial charge in [0.05, 0.1) is 44.6 Å². The van der Waals surface area contributed by atoms with Gasteiger partial charge in [-0.15, -0.1) is 18.5 Å². The van der Waals surface area contributed by atoms with E-state index in [-0.39, 0.29) is 5.91 Å². The van der Waals surface area contributed by atoms with Crippen molar-refractivity contribution in [3.63, 3.8) is 0 Å². The number of methoxy groups -OCH3 is 1. The van der Waals surface area contributed by atoms with Crippen molar-refractivity contribution in [2.24, 2.45) is 0 Å². The van der Waals surface area contributed by atoms with E-state index in [9.17, 15) is 4.79 Å². The Bertz CT molecular complexity index is 1560. The number of pyridine rings is 2. The van der Waals surface area contributed by atoms with Crippen molar-refractivity contribution in [2.45, 2.75) is 13.3 Å². The maximum absolute atomic E-state index is 13.0. The molecule has 2 atom stereocenters. The van der Waals surface area contributed by atoms with Crippen LogP contribution in [0.5, 0.6) is 28.7 Å². The van der Waals surface area contributed by atoms with Gasteiger partial charge in [-0.3, -0.25) is 19.7 Å². The molecule has 0 bridgehead atoms. The number of rotatable bonds is 12. The van der Waals surface area contributed by atoms with Crippen LogP contribution in [0.15, 0.2) is 55.0 Å². The normalized spacial score (nSPS) is 13.5. The summed E-state index contributed by atoms with van der Waals surface area (Å²) in [6, 6.07) is 10.9. The SMILES string of the molecule is CCOc1ccncc1C(=O)Nc1cc(P)c(Oc2ccnc3cc(OCCCN4CCOCC4)c(OC)cc23)c(P)c1. The molecule has 4 aromatic rings. The van der Waals surface area contributed by atoms with Gasteiger partial charge in [-0.25, -0.2) is 0 Å². The fourth-order valence-corrected chi connectivity index (χ4v) is 5.77. The first-order chi connectivity index (χ1) is 21.0. The summed E-state index contributed by atoms with van der Waals surface area (Å²) in [5, 5.41) is 5.23. The number of carbonyl (C=O) groups is 1. The third kappa shape index (κ3) is 7.70. The smallest absolute Gasteiger partial charge is 0.261 e. The van der Waals surface area contributed by atoms with Crippen molar-refractivity contribution in [1.82, 2.24) is 14.9 Å². The molecule has 2 aromatic carbocycles. The van der Waals surface area contributed by atoms with E-state index in [1.54, 1.807) is 25.6 Å². The first-order valence-corrected chi connectivity index (χ1v) is 15.3. The van der Waals surface area contributed by atoms with E-state index < -0.39 is 0 Å². The van der Waals surface area contributed by atoms with E-state index in [4.69, 9.17) is 23.7 Å². The summed E-state index contributed by atoms with van der Waals surface area (Å²) in [5.74, 6) is 2.65. The highest BCUT2D eigenvalue weighted by Crippen LogP contribution is 2.37. The first-order valence-electron chi connectivity index (χ1n) is 14.1. The number of fused-ring (bicyclic) bond motifs is 1. The number of ether oxygens (including phenoxy) is 5. The number of nitrogens with zero attached hydrogens (tertiary/aromatic N) is 3. The quantitative estimate of drug-likeness (QED) is 0.184. The van der Waals surface area contributed by atoms with Gasteiger partial charge in [0, 0.05) is 66.0 Å². The van der Waals surface area contributed by atoms with Crippen LogP contribution in [0.2, 0.25) is 0 Å². The number of benzene rings is 2. The molecule has 43 heavy (non-hydrogen) atoms. The van der Waals surface area contributed by atoms with Gasteiger partial charge >= 0.3 is 0 Å². The van der Waals surface area contributed by atoms with Gasteiger partial charge in [-0.2, -0.15) is 0 Å².